The van der Waals surface area contributed by atoms with E-state index < -0.39 is 27.4 Å². The van der Waals surface area contributed by atoms with Gasteiger partial charge in [-0.25, -0.2) is 28.2 Å². The first-order chi connectivity index (χ1) is 18.9. The van der Waals surface area contributed by atoms with Crippen molar-refractivity contribution in [3.63, 3.8) is 0 Å². The first-order valence-corrected chi connectivity index (χ1v) is 15.5. The summed E-state index contributed by atoms with van der Waals surface area (Å²) in [5.41, 5.74) is 7.96. The summed E-state index contributed by atoms with van der Waals surface area (Å²) < 4.78 is 34.9. The molecule has 1 saturated carbocycles. The van der Waals surface area contributed by atoms with E-state index in [0.717, 1.165) is 16.3 Å². The lowest BCUT2D eigenvalue weighted by atomic mass is 9.84. The minimum atomic E-state index is -3.02. The largest absolute Gasteiger partial charge is 0.474 e. The van der Waals surface area contributed by atoms with Gasteiger partial charge in [-0.15, -0.1) is 0 Å². The first kappa shape index (κ1) is 28.0. The van der Waals surface area contributed by atoms with Crippen LogP contribution < -0.4 is 15.8 Å². The number of aromatic nitrogens is 3. The predicted molar refractivity (Wildman–Crippen MR) is 154 cm³/mol. The highest BCUT2D eigenvalue weighted by molar-refractivity contribution is 7.90. The molecule has 0 radical (unpaired) electrons. The smallest absolute Gasteiger partial charge is 0.340 e. The standard InChI is InChI=1S/C29H35N5O5S/c1-6-23-16(3)26-19(28(35)39-23)8-9-24(34-26)33-25-12-20-21(13-31-25)27(32-14-22(20)29(4,30)7-2)38-18-10-17(11-18)15-40(5,36)37/h6,8-9,12-14,16-18,23H,1,7,10-11,15,30H2,2-5H3,(H,31,33,34)/t16-,17-,18-,23-,29+/m0/s1. The van der Waals surface area contributed by atoms with Gasteiger partial charge in [0.25, 0.3) is 0 Å². The van der Waals surface area contributed by atoms with E-state index in [0.29, 0.717) is 48.0 Å². The second kappa shape index (κ2) is 10.4. The number of carbonyl (C=O) groups excluding carboxylic acids is 1. The van der Waals surface area contributed by atoms with E-state index in [1.807, 2.05) is 26.8 Å². The van der Waals surface area contributed by atoms with Gasteiger partial charge in [-0.3, -0.25) is 0 Å². The average Bonchev–Trinajstić information content (AvgIpc) is 2.88. The molecular formula is C29H35N5O5S. The number of carbonyl (C=O) groups is 1. The highest BCUT2D eigenvalue weighted by Crippen LogP contribution is 2.38. The molecule has 0 saturated heterocycles. The highest BCUT2D eigenvalue weighted by atomic mass is 32.2. The van der Waals surface area contributed by atoms with Crippen molar-refractivity contribution in [2.75, 3.05) is 17.3 Å². The summed E-state index contributed by atoms with van der Waals surface area (Å²) in [5, 5.41) is 4.84. The van der Waals surface area contributed by atoms with Crippen LogP contribution >= 0.6 is 0 Å². The SMILES string of the molecule is C=C[C@@H]1OC(=O)c2ccc(Nc3cc4c([C@](C)(N)CC)cnc(O[C@H]5C[C@H](CS(C)(=O)=O)C5)c4cn3)nc2[C@H]1C. The van der Waals surface area contributed by atoms with Gasteiger partial charge in [0.1, 0.15) is 33.7 Å². The molecule has 5 rings (SSSR count). The molecule has 11 heteroatoms. The van der Waals surface area contributed by atoms with Crippen molar-refractivity contribution in [2.24, 2.45) is 11.7 Å². The Balaban J connectivity index is 1.45. The van der Waals surface area contributed by atoms with Crippen molar-refractivity contribution in [1.82, 2.24) is 15.0 Å². The van der Waals surface area contributed by atoms with Crippen LogP contribution in [-0.2, 0) is 20.1 Å². The molecule has 10 nitrogen and oxygen atoms in total. The Kier molecular flexibility index (Phi) is 7.30. The van der Waals surface area contributed by atoms with E-state index in [9.17, 15) is 13.2 Å². The van der Waals surface area contributed by atoms with Gasteiger partial charge in [-0.2, -0.15) is 0 Å². The van der Waals surface area contributed by atoms with Crippen LogP contribution in [0.5, 0.6) is 5.88 Å². The molecule has 0 amide bonds. The molecule has 2 aliphatic rings. The number of fused-ring (bicyclic) bond motifs is 2. The van der Waals surface area contributed by atoms with Crippen molar-refractivity contribution in [2.45, 2.75) is 63.7 Å². The molecule has 0 aromatic carbocycles. The molecule has 3 atom stereocenters. The topological polar surface area (TPSA) is 146 Å². The summed E-state index contributed by atoms with van der Waals surface area (Å²) in [7, 11) is -3.02. The van der Waals surface area contributed by atoms with Crippen LogP contribution in [0, 0.1) is 5.92 Å². The quantitative estimate of drug-likeness (QED) is 0.283. The van der Waals surface area contributed by atoms with E-state index in [4.69, 9.17) is 20.2 Å². The van der Waals surface area contributed by atoms with Crippen molar-refractivity contribution in [3.05, 3.63) is 60.1 Å². The Morgan fingerprint density at radius 1 is 1.23 bits per heavy atom. The van der Waals surface area contributed by atoms with Crippen LogP contribution in [0.1, 0.15) is 67.6 Å². The van der Waals surface area contributed by atoms with Gasteiger partial charge >= 0.3 is 5.97 Å². The maximum atomic E-state index is 12.4. The number of esters is 1. The van der Waals surface area contributed by atoms with Crippen molar-refractivity contribution < 1.29 is 22.7 Å². The zero-order valence-electron chi connectivity index (χ0n) is 23.2. The molecule has 4 heterocycles. The van der Waals surface area contributed by atoms with Gasteiger partial charge < -0.3 is 20.5 Å². The second-order valence-electron chi connectivity index (χ2n) is 11.2. The van der Waals surface area contributed by atoms with Crippen molar-refractivity contribution in [1.29, 1.82) is 0 Å². The number of hydrogen-bond donors (Lipinski definition) is 2. The minimum Gasteiger partial charge on any atom is -0.474 e. The van der Waals surface area contributed by atoms with Crippen LogP contribution in [0.15, 0.2) is 43.2 Å². The Bertz CT molecular complexity index is 1580. The third-order valence-electron chi connectivity index (χ3n) is 7.89. The Labute approximate surface area is 234 Å². The third-order valence-corrected chi connectivity index (χ3v) is 8.97. The van der Waals surface area contributed by atoms with Crippen molar-refractivity contribution >= 4 is 38.2 Å². The fourth-order valence-electron chi connectivity index (χ4n) is 5.30. The van der Waals surface area contributed by atoms with Gasteiger partial charge in [0.05, 0.1) is 22.4 Å². The Morgan fingerprint density at radius 2 is 1.98 bits per heavy atom. The van der Waals surface area contributed by atoms with Crippen LogP contribution in [0.4, 0.5) is 11.6 Å². The molecular weight excluding hydrogens is 530 g/mol. The zero-order chi connectivity index (χ0) is 28.8. The summed E-state index contributed by atoms with van der Waals surface area (Å²) in [4.78, 5) is 26.3. The Morgan fingerprint density at radius 3 is 2.65 bits per heavy atom. The third kappa shape index (κ3) is 5.53. The molecule has 3 aromatic heterocycles. The average molecular weight is 566 g/mol. The number of pyridine rings is 3. The molecule has 0 spiro atoms. The fraction of sp³-hybridized carbons (Fsp3) is 0.448. The lowest BCUT2D eigenvalue weighted by molar-refractivity contribution is 0.0302. The van der Waals surface area contributed by atoms with Crippen LogP contribution in [0.25, 0.3) is 10.8 Å². The number of nitrogens with two attached hydrogens (primary N) is 1. The second-order valence-corrected chi connectivity index (χ2v) is 13.4. The lowest BCUT2D eigenvalue weighted by Crippen LogP contribution is -2.37. The summed E-state index contributed by atoms with van der Waals surface area (Å²) in [6, 6.07) is 5.32. The molecule has 1 aliphatic heterocycles. The van der Waals surface area contributed by atoms with E-state index in [-0.39, 0.29) is 23.7 Å². The maximum Gasteiger partial charge on any atom is 0.340 e. The number of nitrogens with one attached hydrogen (secondary N) is 1. The molecule has 3 aromatic rings. The van der Waals surface area contributed by atoms with E-state index in [1.165, 1.54) is 6.26 Å². The Hall–Kier alpha value is -3.57. The molecule has 40 heavy (non-hydrogen) atoms. The first-order valence-electron chi connectivity index (χ1n) is 13.4. The molecule has 0 unspecified atom stereocenters. The lowest BCUT2D eigenvalue weighted by Gasteiger charge is -2.35. The van der Waals surface area contributed by atoms with Crippen LogP contribution in [0.3, 0.4) is 0 Å². The molecule has 0 bridgehead atoms. The number of sulfone groups is 1. The van der Waals surface area contributed by atoms with Gasteiger partial charge in [0.15, 0.2) is 0 Å². The molecule has 212 valence electrons. The van der Waals surface area contributed by atoms with Crippen LogP contribution in [0.2, 0.25) is 0 Å². The van der Waals surface area contributed by atoms with E-state index >= 15 is 0 Å². The molecule has 1 fully saturated rings. The van der Waals surface area contributed by atoms with Gasteiger partial charge in [0, 0.05) is 30.1 Å². The monoisotopic (exact) mass is 565 g/mol. The van der Waals surface area contributed by atoms with Crippen LogP contribution in [-0.4, -0.2) is 53.6 Å². The number of hydrogen-bond acceptors (Lipinski definition) is 10. The highest BCUT2D eigenvalue weighted by Gasteiger charge is 2.35. The maximum absolute atomic E-state index is 12.4. The zero-order valence-corrected chi connectivity index (χ0v) is 24.0. The summed E-state index contributed by atoms with van der Waals surface area (Å²) in [6.07, 6.45) is 7.80. The number of nitrogens with zero attached hydrogens (tertiary/aromatic N) is 3. The number of ether oxygens (including phenoxy) is 2. The summed E-state index contributed by atoms with van der Waals surface area (Å²) >= 11 is 0. The minimum absolute atomic E-state index is 0.0994. The van der Waals surface area contributed by atoms with E-state index in [2.05, 4.69) is 21.9 Å². The molecule has 1 aliphatic carbocycles. The predicted octanol–water partition coefficient (Wildman–Crippen LogP) is 4.38. The number of cyclic esters (lactones) is 1. The van der Waals surface area contributed by atoms with Gasteiger partial charge in [-0.1, -0.05) is 26.5 Å². The normalized spacial score (nSPS) is 23.9. The summed E-state index contributed by atoms with van der Waals surface area (Å²) in [5.74, 6) is 1.25. The molecule has 3 N–H and O–H groups in total. The number of anilines is 2. The van der Waals surface area contributed by atoms with Crippen molar-refractivity contribution in [3.8, 4) is 5.88 Å². The summed E-state index contributed by atoms with van der Waals surface area (Å²) in [6.45, 7) is 9.69. The fourth-order valence-corrected chi connectivity index (χ4v) is 6.43. The van der Waals surface area contributed by atoms with E-state index in [1.54, 1.807) is 30.6 Å². The van der Waals surface area contributed by atoms with Gasteiger partial charge in [0.2, 0.25) is 5.88 Å². The van der Waals surface area contributed by atoms with Gasteiger partial charge in [-0.05, 0) is 61.3 Å². The number of rotatable bonds is 9.